The number of hydrogen-bond donors (Lipinski definition) is 2. The summed E-state index contributed by atoms with van der Waals surface area (Å²) in [5.74, 6) is -1.50. The van der Waals surface area contributed by atoms with Crippen molar-refractivity contribution >= 4 is 17.8 Å². The molecule has 0 aliphatic carbocycles. The van der Waals surface area contributed by atoms with Gasteiger partial charge in [-0.25, -0.2) is 0 Å². The molecule has 0 aliphatic rings. The van der Waals surface area contributed by atoms with Crippen LogP contribution in [0.5, 0.6) is 0 Å². The Morgan fingerprint density at radius 3 is 2.45 bits per heavy atom. The molecule has 0 saturated carbocycles. The molecule has 0 atom stereocenters. The van der Waals surface area contributed by atoms with Crippen LogP contribution in [-0.4, -0.2) is 47.9 Å². The first-order valence-corrected chi connectivity index (χ1v) is 6.32. The Morgan fingerprint density at radius 2 is 1.90 bits per heavy atom. The molecule has 0 heterocycles. The first-order valence-electron chi connectivity index (χ1n) is 6.32. The summed E-state index contributed by atoms with van der Waals surface area (Å²) in [5.41, 5.74) is 0.769. The van der Waals surface area contributed by atoms with Crippen LogP contribution in [0.1, 0.15) is 34.1 Å². The van der Waals surface area contributed by atoms with Crippen LogP contribution in [0.25, 0.3) is 0 Å². The minimum absolute atomic E-state index is 0.102. The number of carbonyl (C=O) groups is 3. The van der Waals surface area contributed by atoms with Gasteiger partial charge in [0.05, 0.1) is 6.42 Å². The number of amides is 2. The molecule has 6 nitrogen and oxygen atoms in total. The number of aliphatic carboxylic acids is 1. The SMILES string of the molecule is CCN(CCC(=O)O)C(=O)c1cccc(C(=O)NC)c1. The van der Waals surface area contributed by atoms with Crippen molar-refractivity contribution in [2.45, 2.75) is 13.3 Å². The summed E-state index contributed by atoms with van der Waals surface area (Å²) in [6.07, 6.45) is -0.102. The van der Waals surface area contributed by atoms with Crippen molar-refractivity contribution < 1.29 is 19.5 Å². The van der Waals surface area contributed by atoms with E-state index in [0.29, 0.717) is 17.7 Å². The Balaban J connectivity index is 2.89. The lowest BCUT2D eigenvalue weighted by Crippen LogP contribution is -2.33. The van der Waals surface area contributed by atoms with E-state index in [1.807, 2.05) is 0 Å². The fourth-order valence-corrected chi connectivity index (χ4v) is 1.75. The standard InChI is InChI=1S/C14H18N2O4/c1-3-16(8-7-12(17)18)14(20)11-6-4-5-10(9-11)13(19)15-2/h4-6,9H,3,7-8H2,1-2H3,(H,15,19)(H,17,18). The fourth-order valence-electron chi connectivity index (χ4n) is 1.75. The van der Waals surface area contributed by atoms with Crippen molar-refractivity contribution in [2.24, 2.45) is 0 Å². The van der Waals surface area contributed by atoms with Gasteiger partial charge in [0.25, 0.3) is 11.8 Å². The summed E-state index contributed by atoms with van der Waals surface area (Å²) in [6, 6.07) is 6.36. The van der Waals surface area contributed by atoms with Gasteiger partial charge in [-0.3, -0.25) is 14.4 Å². The highest BCUT2D eigenvalue weighted by Gasteiger charge is 2.16. The Hall–Kier alpha value is -2.37. The van der Waals surface area contributed by atoms with E-state index >= 15 is 0 Å². The molecular weight excluding hydrogens is 260 g/mol. The van der Waals surface area contributed by atoms with Gasteiger partial charge in [0.1, 0.15) is 0 Å². The summed E-state index contributed by atoms with van der Waals surface area (Å²) >= 11 is 0. The first-order chi connectivity index (χ1) is 9.49. The molecule has 1 rings (SSSR count). The average Bonchev–Trinajstić information content (AvgIpc) is 2.46. The van der Waals surface area contributed by atoms with Gasteiger partial charge in [0, 0.05) is 31.3 Å². The van der Waals surface area contributed by atoms with Crippen molar-refractivity contribution in [1.82, 2.24) is 10.2 Å². The normalized spacial score (nSPS) is 9.90. The van der Waals surface area contributed by atoms with Gasteiger partial charge in [0.15, 0.2) is 0 Å². The van der Waals surface area contributed by atoms with Crippen LogP contribution in [-0.2, 0) is 4.79 Å². The van der Waals surface area contributed by atoms with Gasteiger partial charge in [-0.2, -0.15) is 0 Å². The number of hydrogen-bond acceptors (Lipinski definition) is 3. The third kappa shape index (κ3) is 4.08. The third-order valence-electron chi connectivity index (χ3n) is 2.86. The summed E-state index contributed by atoms with van der Waals surface area (Å²) < 4.78 is 0. The van der Waals surface area contributed by atoms with Crippen LogP contribution in [0, 0.1) is 0 Å². The number of carboxylic acids is 1. The highest BCUT2D eigenvalue weighted by Crippen LogP contribution is 2.09. The van der Waals surface area contributed by atoms with Crippen molar-refractivity contribution in [2.75, 3.05) is 20.1 Å². The summed E-state index contributed by atoms with van der Waals surface area (Å²) in [7, 11) is 1.52. The molecule has 0 saturated heterocycles. The largest absolute Gasteiger partial charge is 0.481 e. The van der Waals surface area contributed by atoms with E-state index in [1.165, 1.54) is 18.0 Å². The van der Waals surface area contributed by atoms with Crippen molar-refractivity contribution in [3.8, 4) is 0 Å². The van der Waals surface area contributed by atoms with E-state index in [1.54, 1.807) is 25.1 Å². The number of carboxylic acid groups (broad SMARTS) is 1. The van der Waals surface area contributed by atoms with E-state index in [4.69, 9.17) is 5.11 Å². The van der Waals surface area contributed by atoms with Gasteiger partial charge in [-0.05, 0) is 25.1 Å². The highest BCUT2D eigenvalue weighted by molar-refractivity contribution is 5.99. The molecule has 0 unspecified atom stereocenters. The topological polar surface area (TPSA) is 86.7 Å². The molecule has 0 aliphatic heterocycles. The van der Waals surface area contributed by atoms with E-state index in [9.17, 15) is 14.4 Å². The van der Waals surface area contributed by atoms with Crippen LogP contribution in [0.3, 0.4) is 0 Å². The first kappa shape index (κ1) is 15.7. The van der Waals surface area contributed by atoms with E-state index in [2.05, 4.69) is 5.32 Å². The second-order valence-corrected chi connectivity index (χ2v) is 4.19. The number of nitrogens with one attached hydrogen (secondary N) is 1. The zero-order chi connectivity index (χ0) is 15.1. The van der Waals surface area contributed by atoms with Crippen LogP contribution >= 0.6 is 0 Å². The molecule has 0 fully saturated rings. The predicted molar refractivity (Wildman–Crippen MR) is 73.7 cm³/mol. The minimum Gasteiger partial charge on any atom is -0.481 e. The minimum atomic E-state index is -0.949. The zero-order valence-corrected chi connectivity index (χ0v) is 11.5. The molecule has 1 aromatic carbocycles. The van der Waals surface area contributed by atoms with E-state index in [-0.39, 0.29) is 24.8 Å². The van der Waals surface area contributed by atoms with Gasteiger partial charge in [0.2, 0.25) is 0 Å². The lowest BCUT2D eigenvalue weighted by Gasteiger charge is -2.20. The summed E-state index contributed by atoms with van der Waals surface area (Å²) in [5, 5.41) is 11.2. The molecule has 108 valence electrons. The lowest BCUT2D eigenvalue weighted by atomic mass is 10.1. The van der Waals surface area contributed by atoms with Crippen molar-refractivity contribution in [1.29, 1.82) is 0 Å². The lowest BCUT2D eigenvalue weighted by molar-refractivity contribution is -0.137. The molecule has 6 heteroatoms. The zero-order valence-electron chi connectivity index (χ0n) is 11.5. The molecule has 0 bridgehead atoms. The Morgan fingerprint density at radius 1 is 1.25 bits per heavy atom. The second kappa shape index (κ2) is 7.28. The molecule has 2 N–H and O–H groups in total. The van der Waals surface area contributed by atoms with Crippen LogP contribution in [0.15, 0.2) is 24.3 Å². The number of benzene rings is 1. The van der Waals surface area contributed by atoms with Crippen LogP contribution in [0.2, 0.25) is 0 Å². The molecule has 20 heavy (non-hydrogen) atoms. The number of carbonyl (C=O) groups excluding carboxylic acids is 2. The Kier molecular flexibility index (Phi) is 5.71. The molecule has 0 radical (unpaired) electrons. The second-order valence-electron chi connectivity index (χ2n) is 4.19. The van der Waals surface area contributed by atoms with Gasteiger partial charge >= 0.3 is 5.97 Å². The maximum absolute atomic E-state index is 12.3. The van der Waals surface area contributed by atoms with Crippen LogP contribution in [0.4, 0.5) is 0 Å². The number of nitrogens with zero attached hydrogens (tertiary/aromatic N) is 1. The maximum atomic E-state index is 12.3. The average molecular weight is 278 g/mol. The monoisotopic (exact) mass is 278 g/mol. The Labute approximate surface area is 117 Å². The molecule has 1 aromatic rings. The summed E-state index contributed by atoms with van der Waals surface area (Å²) in [4.78, 5) is 35.8. The van der Waals surface area contributed by atoms with Crippen molar-refractivity contribution in [3.05, 3.63) is 35.4 Å². The molecule has 0 spiro atoms. The highest BCUT2D eigenvalue weighted by atomic mass is 16.4. The van der Waals surface area contributed by atoms with Crippen LogP contribution < -0.4 is 5.32 Å². The van der Waals surface area contributed by atoms with Gasteiger partial charge < -0.3 is 15.3 Å². The number of rotatable bonds is 6. The third-order valence-corrected chi connectivity index (χ3v) is 2.86. The van der Waals surface area contributed by atoms with Gasteiger partial charge in [-0.1, -0.05) is 6.07 Å². The summed E-state index contributed by atoms with van der Waals surface area (Å²) in [6.45, 7) is 2.34. The molecular formula is C14H18N2O4. The smallest absolute Gasteiger partial charge is 0.305 e. The van der Waals surface area contributed by atoms with Gasteiger partial charge in [-0.15, -0.1) is 0 Å². The molecule has 2 amide bonds. The fraction of sp³-hybridized carbons (Fsp3) is 0.357. The predicted octanol–water partition coefficient (Wildman–Crippen LogP) is 0.983. The van der Waals surface area contributed by atoms with Crippen molar-refractivity contribution in [3.63, 3.8) is 0 Å². The van der Waals surface area contributed by atoms with E-state index < -0.39 is 5.97 Å². The quantitative estimate of drug-likeness (QED) is 0.812. The Bertz CT molecular complexity index is 514. The molecule has 0 aromatic heterocycles. The van der Waals surface area contributed by atoms with E-state index in [0.717, 1.165) is 0 Å². The maximum Gasteiger partial charge on any atom is 0.305 e.